The minimum Gasteiger partial charge on any atom is -0.381 e. The molecule has 2 fully saturated rings. The highest BCUT2D eigenvalue weighted by Crippen LogP contribution is 2.39. The van der Waals surface area contributed by atoms with Crippen LogP contribution >= 0.6 is 0 Å². The first-order valence-electron chi connectivity index (χ1n) is 10.5. The Bertz CT molecular complexity index is 1260. The van der Waals surface area contributed by atoms with Crippen LogP contribution in [-0.4, -0.2) is 61.5 Å². The maximum absolute atomic E-state index is 13.3. The SMILES string of the molecule is O=C(c1cnn2ccc(-c3cnn(-c4cccnc4)c3)cc12)N1CCC2(CCOC2)C1. The number of aromatic nitrogens is 5. The van der Waals surface area contributed by atoms with Crippen molar-refractivity contribution in [2.24, 2.45) is 5.41 Å². The van der Waals surface area contributed by atoms with Crippen LogP contribution in [0.1, 0.15) is 23.2 Å². The number of ether oxygens (including phenoxy) is 1. The zero-order valence-electron chi connectivity index (χ0n) is 17.0. The topological polar surface area (TPSA) is 77.6 Å². The van der Waals surface area contributed by atoms with E-state index in [-0.39, 0.29) is 11.3 Å². The fraction of sp³-hybridized carbons (Fsp3) is 0.304. The monoisotopic (exact) mass is 414 g/mol. The van der Waals surface area contributed by atoms with Crippen molar-refractivity contribution < 1.29 is 9.53 Å². The number of carbonyl (C=O) groups excluding carboxylic acids is 1. The second-order valence-electron chi connectivity index (χ2n) is 8.47. The van der Waals surface area contributed by atoms with Gasteiger partial charge >= 0.3 is 0 Å². The van der Waals surface area contributed by atoms with Crippen molar-refractivity contribution >= 4 is 11.4 Å². The van der Waals surface area contributed by atoms with Gasteiger partial charge < -0.3 is 9.64 Å². The van der Waals surface area contributed by atoms with Crippen molar-refractivity contribution in [1.29, 1.82) is 0 Å². The summed E-state index contributed by atoms with van der Waals surface area (Å²) in [6, 6.07) is 7.83. The predicted octanol–water partition coefficient (Wildman–Crippen LogP) is 2.83. The van der Waals surface area contributed by atoms with Crippen molar-refractivity contribution in [2.75, 3.05) is 26.3 Å². The molecule has 2 aliphatic rings. The average Bonchev–Trinajstić information content (AvgIpc) is 3.61. The lowest BCUT2D eigenvalue weighted by Gasteiger charge is -2.21. The fourth-order valence-electron chi connectivity index (χ4n) is 4.68. The summed E-state index contributed by atoms with van der Waals surface area (Å²) in [7, 11) is 0. The first-order valence-corrected chi connectivity index (χ1v) is 10.5. The quantitative estimate of drug-likeness (QED) is 0.515. The van der Waals surface area contributed by atoms with Crippen molar-refractivity contribution in [2.45, 2.75) is 12.8 Å². The van der Waals surface area contributed by atoms with Crippen LogP contribution in [0, 0.1) is 5.41 Å². The van der Waals surface area contributed by atoms with Crippen molar-refractivity contribution in [3.63, 3.8) is 0 Å². The summed E-state index contributed by atoms with van der Waals surface area (Å²) in [6.45, 7) is 3.10. The molecule has 0 bridgehead atoms. The van der Waals surface area contributed by atoms with E-state index in [0.717, 1.165) is 61.5 Å². The van der Waals surface area contributed by atoms with Crippen molar-refractivity contribution in [1.82, 2.24) is 29.3 Å². The molecule has 0 aromatic carbocycles. The summed E-state index contributed by atoms with van der Waals surface area (Å²) in [5, 5.41) is 8.86. The number of hydrogen-bond donors (Lipinski definition) is 0. The van der Waals surface area contributed by atoms with Gasteiger partial charge in [0.2, 0.25) is 0 Å². The average molecular weight is 414 g/mol. The van der Waals surface area contributed by atoms with Crippen molar-refractivity contribution in [3.8, 4) is 16.8 Å². The highest BCUT2D eigenvalue weighted by molar-refractivity contribution is 6.01. The van der Waals surface area contributed by atoms with Crippen LogP contribution in [0.2, 0.25) is 0 Å². The molecule has 1 unspecified atom stereocenters. The summed E-state index contributed by atoms with van der Waals surface area (Å²) >= 11 is 0. The van der Waals surface area contributed by atoms with E-state index in [0.29, 0.717) is 5.56 Å². The van der Waals surface area contributed by atoms with Gasteiger partial charge in [-0.3, -0.25) is 9.78 Å². The molecule has 2 aliphatic heterocycles. The summed E-state index contributed by atoms with van der Waals surface area (Å²) in [4.78, 5) is 19.4. The van der Waals surface area contributed by atoms with Crippen LogP contribution in [0.4, 0.5) is 0 Å². The van der Waals surface area contributed by atoms with Gasteiger partial charge in [-0.2, -0.15) is 10.2 Å². The lowest BCUT2D eigenvalue weighted by Crippen LogP contribution is -2.32. The molecule has 1 atom stereocenters. The van der Waals surface area contributed by atoms with E-state index < -0.39 is 0 Å². The van der Waals surface area contributed by atoms with Crippen LogP contribution < -0.4 is 0 Å². The van der Waals surface area contributed by atoms with Gasteiger partial charge in [-0.05, 0) is 42.7 Å². The molecule has 0 saturated carbocycles. The molecular formula is C23H22N6O2. The number of amides is 1. The number of nitrogens with zero attached hydrogens (tertiary/aromatic N) is 6. The standard InChI is InChI=1S/C23H22N6O2/c30-22(27-8-4-23(15-27)5-9-31-16-23)20-13-26-28-7-3-17(10-21(20)28)18-11-25-29(14-18)19-2-1-6-24-12-19/h1-3,6-7,10-14H,4-5,8-9,15-16H2. The summed E-state index contributed by atoms with van der Waals surface area (Å²) in [5.41, 5.74) is 4.44. The number of carbonyl (C=O) groups is 1. The second-order valence-corrected chi connectivity index (χ2v) is 8.47. The molecule has 1 amide bonds. The Hall–Kier alpha value is -3.52. The zero-order chi connectivity index (χ0) is 20.8. The van der Waals surface area contributed by atoms with Gasteiger partial charge in [0, 0.05) is 49.3 Å². The molecule has 156 valence electrons. The third kappa shape index (κ3) is 3.11. The Morgan fingerprint density at radius 1 is 1.10 bits per heavy atom. The summed E-state index contributed by atoms with van der Waals surface area (Å²) < 4.78 is 9.15. The van der Waals surface area contributed by atoms with Crippen LogP contribution in [-0.2, 0) is 4.74 Å². The molecule has 8 heteroatoms. The largest absolute Gasteiger partial charge is 0.381 e. The molecule has 2 saturated heterocycles. The number of likely N-dealkylation sites (tertiary alicyclic amines) is 1. The highest BCUT2D eigenvalue weighted by Gasteiger charge is 2.43. The van der Waals surface area contributed by atoms with E-state index in [2.05, 4.69) is 15.2 Å². The molecule has 4 aromatic heterocycles. The first-order chi connectivity index (χ1) is 15.2. The van der Waals surface area contributed by atoms with Gasteiger partial charge in [0.15, 0.2) is 0 Å². The van der Waals surface area contributed by atoms with Crippen molar-refractivity contribution in [3.05, 3.63) is 67.0 Å². The van der Waals surface area contributed by atoms with E-state index in [1.807, 2.05) is 47.8 Å². The van der Waals surface area contributed by atoms with Gasteiger partial charge in [0.25, 0.3) is 5.91 Å². The number of fused-ring (bicyclic) bond motifs is 1. The van der Waals surface area contributed by atoms with E-state index in [1.165, 1.54) is 0 Å². The minimum absolute atomic E-state index is 0.0435. The summed E-state index contributed by atoms with van der Waals surface area (Å²) in [5.74, 6) is 0.0435. The maximum Gasteiger partial charge on any atom is 0.257 e. The normalized spacial score (nSPS) is 20.8. The Kier molecular flexibility index (Phi) is 4.14. The molecule has 8 nitrogen and oxygen atoms in total. The molecule has 31 heavy (non-hydrogen) atoms. The van der Waals surface area contributed by atoms with Gasteiger partial charge in [-0.15, -0.1) is 0 Å². The van der Waals surface area contributed by atoms with Gasteiger partial charge in [-0.25, -0.2) is 9.20 Å². The zero-order valence-corrected chi connectivity index (χ0v) is 17.0. The lowest BCUT2D eigenvalue weighted by molar-refractivity contribution is 0.0767. The molecule has 0 radical (unpaired) electrons. The van der Waals surface area contributed by atoms with E-state index in [1.54, 1.807) is 27.8 Å². The Morgan fingerprint density at radius 3 is 2.90 bits per heavy atom. The Balaban J connectivity index is 1.31. The van der Waals surface area contributed by atoms with Crippen LogP contribution in [0.15, 0.2) is 61.4 Å². The third-order valence-electron chi connectivity index (χ3n) is 6.49. The van der Waals surface area contributed by atoms with Gasteiger partial charge in [0.05, 0.1) is 42.0 Å². The molecule has 6 rings (SSSR count). The Labute approximate surface area is 179 Å². The van der Waals surface area contributed by atoms with Gasteiger partial charge in [-0.1, -0.05) is 0 Å². The molecule has 0 N–H and O–H groups in total. The highest BCUT2D eigenvalue weighted by atomic mass is 16.5. The smallest absolute Gasteiger partial charge is 0.257 e. The number of pyridine rings is 2. The van der Waals surface area contributed by atoms with E-state index >= 15 is 0 Å². The molecule has 1 spiro atoms. The fourth-order valence-corrected chi connectivity index (χ4v) is 4.68. The van der Waals surface area contributed by atoms with Crippen LogP contribution in [0.3, 0.4) is 0 Å². The number of rotatable bonds is 3. The predicted molar refractivity (Wildman–Crippen MR) is 114 cm³/mol. The third-order valence-corrected chi connectivity index (χ3v) is 6.49. The second kappa shape index (κ2) is 7.02. The first kappa shape index (κ1) is 18.3. The number of hydrogen-bond acceptors (Lipinski definition) is 5. The molecule has 6 heterocycles. The lowest BCUT2D eigenvalue weighted by atomic mass is 9.87. The molecular weight excluding hydrogens is 392 g/mol. The molecule has 4 aromatic rings. The van der Waals surface area contributed by atoms with E-state index in [4.69, 9.17) is 4.74 Å². The van der Waals surface area contributed by atoms with Gasteiger partial charge in [0.1, 0.15) is 0 Å². The van der Waals surface area contributed by atoms with Crippen LogP contribution in [0.5, 0.6) is 0 Å². The maximum atomic E-state index is 13.3. The summed E-state index contributed by atoms with van der Waals surface area (Å²) in [6.07, 6.45) is 12.9. The van der Waals surface area contributed by atoms with Crippen LogP contribution in [0.25, 0.3) is 22.3 Å². The molecule has 0 aliphatic carbocycles. The van der Waals surface area contributed by atoms with E-state index in [9.17, 15) is 4.79 Å². The Morgan fingerprint density at radius 2 is 2.06 bits per heavy atom. The minimum atomic E-state index is 0.0435.